The van der Waals surface area contributed by atoms with Gasteiger partial charge in [0, 0.05) is 44.7 Å². The molecule has 1 aliphatic rings. The molecule has 176 valence electrons. The zero-order chi connectivity index (χ0) is 22.0. The molecule has 0 aliphatic carbocycles. The van der Waals surface area contributed by atoms with E-state index < -0.39 is 11.7 Å². The molecule has 0 aromatic heterocycles. The summed E-state index contributed by atoms with van der Waals surface area (Å²) in [5, 5.41) is 9.69. The Bertz CT molecular complexity index is 555. The Morgan fingerprint density at radius 3 is 2.27 bits per heavy atom. The number of carbonyl (C=O) groups excluding carboxylic acids is 2. The summed E-state index contributed by atoms with van der Waals surface area (Å²) in [6, 6.07) is 0.236. The highest BCUT2D eigenvalue weighted by Gasteiger charge is 2.25. The van der Waals surface area contributed by atoms with E-state index >= 15 is 0 Å². The molecule has 0 aromatic carbocycles. The number of piperidine rings is 1. The minimum absolute atomic E-state index is 0. The number of ether oxygens (including phenoxy) is 1. The van der Waals surface area contributed by atoms with Crippen molar-refractivity contribution in [1.82, 2.24) is 20.9 Å². The molecule has 1 rings (SSSR count). The molecule has 1 aliphatic heterocycles. The molecule has 8 nitrogen and oxygen atoms in total. The first-order chi connectivity index (χ1) is 13.6. The van der Waals surface area contributed by atoms with E-state index in [0.29, 0.717) is 12.5 Å². The molecule has 1 saturated heterocycles. The highest BCUT2D eigenvalue weighted by molar-refractivity contribution is 14.0. The monoisotopic (exact) mass is 539 g/mol. The van der Waals surface area contributed by atoms with Gasteiger partial charge in [-0.15, -0.1) is 24.0 Å². The van der Waals surface area contributed by atoms with Crippen LogP contribution in [0.4, 0.5) is 4.79 Å². The third-order valence-electron chi connectivity index (χ3n) is 4.74. The fourth-order valence-electron chi connectivity index (χ4n) is 3.27. The van der Waals surface area contributed by atoms with Crippen LogP contribution in [-0.2, 0) is 9.53 Å². The van der Waals surface area contributed by atoms with E-state index in [4.69, 9.17) is 4.74 Å². The van der Waals surface area contributed by atoms with Crippen LogP contribution in [0, 0.1) is 5.92 Å². The van der Waals surface area contributed by atoms with Crippen molar-refractivity contribution in [3.05, 3.63) is 0 Å². The molecule has 0 saturated carbocycles. The first-order valence-electron chi connectivity index (χ1n) is 10.8. The lowest BCUT2D eigenvalue weighted by Crippen LogP contribution is -2.52. The van der Waals surface area contributed by atoms with Gasteiger partial charge >= 0.3 is 6.09 Å². The van der Waals surface area contributed by atoms with E-state index in [1.54, 1.807) is 7.05 Å². The van der Waals surface area contributed by atoms with E-state index in [-0.39, 0.29) is 47.9 Å². The number of aliphatic imine (C=N–C) groups is 1. The second-order valence-corrected chi connectivity index (χ2v) is 8.98. The molecule has 0 radical (unpaired) electrons. The number of amides is 2. The molecular weight excluding hydrogens is 497 g/mol. The Morgan fingerprint density at radius 2 is 1.80 bits per heavy atom. The number of nitrogens with one attached hydrogen (secondary N) is 3. The van der Waals surface area contributed by atoms with Crippen molar-refractivity contribution in [2.45, 2.75) is 84.9 Å². The van der Waals surface area contributed by atoms with E-state index in [2.05, 4.69) is 27.9 Å². The predicted molar refractivity (Wildman–Crippen MR) is 132 cm³/mol. The lowest BCUT2D eigenvalue weighted by molar-refractivity contribution is -0.135. The van der Waals surface area contributed by atoms with Gasteiger partial charge in [0.1, 0.15) is 5.60 Å². The second-order valence-electron chi connectivity index (χ2n) is 8.98. The van der Waals surface area contributed by atoms with Gasteiger partial charge in [-0.3, -0.25) is 9.79 Å². The maximum atomic E-state index is 12.1. The summed E-state index contributed by atoms with van der Waals surface area (Å²) in [6.45, 7) is 13.6. The zero-order valence-corrected chi connectivity index (χ0v) is 22.0. The van der Waals surface area contributed by atoms with Crippen LogP contribution in [0.2, 0.25) is 0 Å². The highest BCUT2D eigenvalue weighted by atomic mass is 127. The first kappa shape index (κ1) is 28.7. The summed E-state index contributed by atoms with van der Waals surface area (Å²) in [7, 11) is 1.74. The van der Waals surface area contributed by atoms with Crippen LogP contribution < -0.4 is 16.0 Å². The van der Waals surface area contributed by atoms with Crippen molar-refractivity contribution in [3.63, 3.8) is 0 Å². The summed E-state index contributed by atoms with van der Waals surface area (Å²) < 4.78 is 5.36. The number of guanidine groups is 1. The molecular formula is C21H42IN5O3. The Labute approximate surface area is 199 Å². The van der Waals surface area contributed by atoms with Gasteiger partial charge in [0.2, 0.25) is 5.91 Å². The Hall–Kier alpha value is -1.26. The Kier molecular flexibility index (Phi) is 13.3. The minimum Gasteiger partial charge on any atom is -0.444 e. The zero-order valence-electron chi connectivity index (χ0n) is 19.7. The van der Waals surface area contributed by atoms with E-state index in [1.807, 2.05) is 39.5 Å². The number of rotatable bonds is 7. The molecule has 1 unspecified atom stereocenters. The first-order valence-corrected chi connectivity index (χ1v) is 10.8. The number of hydrogen-bond acceptors (Lipinski definition) is 4. The van der Waals surface area contributed by atoms with Crippen molar-refractivity contribution in [1.29, 1.82) is 0 Å². The molecule has 1 heterocycles. The third-order valence-corrected chi connectivity index (χ3v) is 4.74. The Balaban J connectivity index is 0.00000841. The van der Waals surface area contributed by atoms with Gasteiger partial charge in [0.25, 0.3) is 0 Å². The van der Waals surface area contributed by atoms with Crippen LogP contribution in [-0.4, -0.2) is 67.2 Å². The van der Waals surface area contributed by atoms with Gasteiger partial charge < -0.3 is 25.6 Å². The number of nitrogens with zero attached hydrogens (tertiary/aromatic N) is 2. The van der Waals surface area contributed by atoms with Crippen LogP contribution >= 0.6 is 24.0 Å². The average molecular weight is 540 g/mol. The van der Waals surface area contributed by atoms with Crippen molar-refractivity contribution < 1.29 is 14.3 Å². The normalized spacial score (nSPS) is 16.5. The summed E-state index contributed by atoms with van der Waals surface area (Å²) in [5.41, 5.74) is -0.516. The molecule has 1 atom stereocenters. The molecule has 2 amide bonds. The van der Waals surface area contributed by atoms with Gasteiger partial charge in [-0.25, -0.2) is 4.79 Å². The van der Waals surface area contributed by atoms with Crippen molar-refractivity contribution in [3.8, 4) is 0 Å². The van der Waals surface area contributed by atoms with Gasteiger partial charge in [-0.1, -0.05) is 27.2 Å². The third kappa shape index (κ3) is 11.2. The van der Waals surface area contributed by atoms with Crippen LogP contribution in [0.25, 0.3) is 0 Å². The van der Waals surface area contributed by atoms with E-state index in [1.165, 1.54) is 0 Å². The number of halogens is 1. The van der Waals surface area contributed by atoms with E-state index in [0.717, 1.165) is 38.8 Å². The van der Waals surface area contributed by atoms with Crippen molar-refractivity contribution >= 4 is 41.9 Å². The van der Waals surface area contributed by atoms with Gasteiger partial charge in [-0.2, -0.15) is 0 Å². The maximum absolute atomic E-state index is 12.1. The van der Waals surface area contributed by atoms with Crippen molar-refractivity contribution in [2.24, 2.45) is 10.9 Å². The summed E-state index contributed by atoms with van der Waals surface area (Å²) in [6.07, 6.45) is 3.19. The highest BCUT2D eigenvalue weighted by Crippen LogP contribution is 2.13. The predicted octanol–water partition coefficient (Wildman–Crippen LogP) is 3.11. The number of hydrogen-bond donors (Lipinski definition) is 3. The van der Waals surface area contributed by atoms with E-state index in [9.17, 15) is 9.59 Å². The maximum Gasteiger partial charge on any atom is 0.407 e. The van der Waals surface area contributed by atoms with Crippen LogP contribution in [0.3, 0.4) is 0 Å². The minimum atomic E-state index is -0.516. The fourth-order valence-corrected chi connectivity index (χ4v) is 3.27. The number of carbonyl (C=O) groups is 2. The largest absolute Gasteiger partial charge is 0.444 e. The average Bonchev–Trinajstić information content (AvgIpc) is 2.63. The molecule has 0 aromatic rings. The summed E-state index contributed by atoms with van der Waals surface area (Å²) in [5.74, 6) is 0.981. The smallest absolute Gasteiger partial charge is 0.407 e. The topological polar surface area (TPSA) is 95.1 Å². The lowest BCUT2D eigenvalue weighted by Gasteiger charge is -2.34. The molecule has 1 fully saturated rings. The van der Waals surface area contributed by atoms with Gasteiger partial charge in [0.05, 0.1) is 0 Å². The van der Waals surface area contributed by atoms with Crippen LogP contribution in [0.15, 0.2) is 4.99 Å². The SMILES string of the molecule is CCCC(CNC(=NC)NC1CCN(C(=O)C(C)C)CC1)NC(=O)OC(C)(C)C.I. The van der Waals surface area contributed by atoms with Crippen molar-refractivity contribution in [2.75, 3.05) is 26.7 Å². The van der Waals surface area contributed by atoms with Crippen LogP contribution in [0.5, 0.6) is 0 Å². The quantitative estimate of drug-likeness (QED) is 0.263. The second kappa shape index (κ2) is 13.9. The molecule has 3 N–H and O–H groups in total. The summed E-state index contributed by atoms with van der Waals surface area (Å²) in [4.78, 5) is 30.4. The number of alkyl carbamates (subject to hydrolysis) is 1. The molecule has 30 heavy (non-hydrogen) atoms. The van der Waals surface area contributed by atoms with Crippen LogP contribution in [0.1, 0.15) is 67.2 Å². The summed E-state index contributed by atoms with van der Waals surface area (Å²) >= 11 is 0. The molecule has 9 heteroatoms. The lowest BCUT2D eigenvalue weighted by atomic mass is 10.0. The standard InChI is InChI=1S/C21H41N5O3.HI/c1-8-9-17(25-20(28)29-21(4,5)6)14-23-19(22-7)24-16-10-12-26(13-11-16)18(27)15(2)3;/h15-17H,8-14H2,1-7H3,(H,25,28)(H2,22,23,24);1H. The molecule has 0 bridgehead atoms. The van der Waals surface area contributed by atoms with Gasteiger partial charge in [0.15, 0.2) is 5.96 Å². The Morgan fingerprint density at radius 1 is 1.20 bits per heavy atom. The molecule has 0 spiro atoms. The van der Waals surface area contributed by atoms with Gasteiger partial charge in [-0.05, 0) is 40.0 Å². The fraction of sp³-hybridized carbons (Fsp3) is 0.857. The number of likely N-dealkylation sites (tertiary alicyclic amines) is 1.